The fourth-order valence-corrected chi connectivity index (χ4v) is 1.25. The normalized spacial score (nSPS) is 11.3. The third kappa shape index (κ3) is 19.2. The molecule has 0 bridgehead atoms. The molecular formula is H6O7P2SrZr. The maximum atomic E-state index is 9.63. The van der Waals surface area contributed by atoms with E-state index in [1.807, 2.05) is 0 Å². The quantitative estimate of drug-likeness (QED) is 0.370. The van der Waals surface area contributed by atoms with Gasteiger partial charge in [-0.15, -0.1) is 0 Å². The maximum Gasteiger partial charge on any atom is 2.00 e. The Kier molecular flexibility index (Phi) is 12.2. The van der Waals surface area contributed by atoms with E-state index in [2.05, 4.69) is 4.31 Å². The van der Waals surface area contributed by atoms with Crippen molar-refractivity contribution in [3.63, 3.8) is 0 Å². The van der Waals surface area contributed by atoms with Gasteiger partial charge in [0, 0.05) is 26.2 Å². The van der Waals surface area contributed by atoms with Crippen LogP contribution in [0.3, 0.4) is 0 Å². The molecule has 0 aliphatic carbocycles. The molecular weight excluding hydrogens is 353 g/mol. The molecule has 0 saturated carbocycles. The number of hydrogen-bond acceptors (Lipinski definition) is 3. The van der Waals surface area contributed by atoms with Crippen LogP contribution in [0.2, 0.25) is 0 Å². The zero-order valence-electron chi connectivity index (χ0n) is 7.12. The summed E-state index contributed by atoms with van der Waals surface area (Å²) < 4.78 is 22.2. The molecule has 0 rings (SSSR count). The van der Waals surface area contributed by atoms with Crippen molar-refractivity contribution in [2.75, 3.05) is 0 Å². The van der Waals surface area contributed by atoms with E-state index < -0.39 is 15.6 Å². The minimum Gasteiger partial charge on any atom is -1.00 e. The zero-order valence-corrected chi connectivity index (χ0v) is 12.8. The molecule has 0 aromatic rings. The van der Waals surface area contributed by atoms with E-state index in [4.69, 9.17) is 19.6 Å². The molecule has 7 nitrogen and oxygen atoms in total. The molecule has 0 spiro atoms. The van der Waals surface area contributed by atoms with Crippen LogP contribution in [0.5, 0.6) is 0 Å². The van der Waals surface area contributed by atoms with E-state index >= 15 is 0 Å². The summed E-state index contributed by atoms with van der Waals surface area (Å²) in [5.74, 6) is 0. The summed E-state index contributed by atoms with van der Waals surface area (Å²) >= 11 is 0. The molecule has 0 aliphatic heterocycles. The first-order chi connectivity index (χ1) is 3.71. The summed E-state index contributed by atoms with van der Waals surface area (Å²) in [5, 5.41) is 0. The molecule has 0 aromatic carbocycles. The molecule has 11 heavy (non-hydrogen) atoms. The van der Waals surface area contributed by atoms with Gasteiger partial charge in [-0.2, -0.15) is 4.31 Å². The van der Waals surface area contributed by atoms with Crippen molar-refractivity contribution in [3.05, 3.63) is 0 Å². The summed E-state index contributed by atoms with van der Waals surface area (Å²) in [4.78, 5) is 31.0. The van der Waals surface area contributed by atoms with Gasteiger partial charge in [0.1, 0.15) is 0 Å². The molecule has 0 amide bonds. The summed E-state index contributed by atoms with van der Waals surface area (Å²) in [6, 6.07) is 0. The third-order valence-electron chi connectivity index (χ3n) is 0.213. The van der Waals surface area contributed by atoms with Crippen LogP contribution in [-0.2, 0) is 39.6 Å². The second kappa shape index (κ2) is 6.99. The molecule has 11 heteroatoms. The van der Waals surface area contributed by atoms with E-state index in [0.29, 0.717) is 0 Å². The van der Waals surface area contributed by atoms with E-state index in [-0.39, 0.29) is 74.5 Å². The van der Waals surface area contributed by atoms with Crippen molar-refractivity contribution < 1.29 is 62.1 Å². The van der Waals surface area contributed by atoms with Gasteiger partial charge in [-0.25, -0.2) is 9.13 Å². The predicted molar refractivity (Wildman–Crippen MR) is 33.2 cm³/mol. The zero-order chi connectivity index (χ0) is 7.71. The fourth-order valence-electron chi connectivity index (χ4n) is 0.139. The van der Waals surface area contributed by atoms with Gasteiger partial charge in [-0.1, -0.05) is 0 Å². The minimum absolute atomic E-state index is 0. The van der Waals surface area contributed by atoms with Crippen molar-refractivity contribution in [2.45, 2.75) is 0 Å². The van der Waals surface area contributed by atoms with Crippen LogP contribution in [-0.4, -0.2) is 65.1 Å². The van der Waals surface area contributed by atoms with E-state index in [0.717, 1.165) is 0 Å². The first-order valence-electron chi connectivity index (χ1n) is 1.53. The summed E-state index contributed by atoms with van der Waals surface area (Å²) in [6.07, 6.45) is 0. The molecule has 0 saturated heterocycles. The molecule has 0 radical (unpaired) electrons. The predicted octanol–water partition coefficient (Wildman–Crippen LogP) is -0.970. The van der Waals surface area contributed by atoms with Crippen LogP contribution >= 0.6 is 15.6 Å². The first kappa shape index (κ1) is 19.2. The van der Waals surface area contributed by atoms with Crippen LogP contribution in [0.25, 0.3) is 0 Å². The number of rotatable bonds is 2. The van der Waals surface area contributed by atoms with Crippen molar-refractivity contribution in [1.82, 2.24) is 0 Å². The molecule has 0 atom stereocenters. The first-order valence-corrected chi connectivity index (χ1v) is 4.59. The Hall–Kier alpha value is 2.62. The van der Waals surface area contributed by atoms with Crippen LogP contribution in [0.15, 0.2) is 0 Å². The van der Waals surface area contributed by atoms with Crippen LogP contribution in [0, 0.1) is 0 Å². The van der Waals surface area contributed by atoms with E-state index in [9.17, 15) is 9.13 Å². The molecule has 0 fully saturated rings. The molecule has 0 aromatic heterocycles. The average molecular weight is 359 g/mol. The summed E-state index contributed by atoms with van der Waals surface area (Å²) in [6.45, 7) is 0. The van der Waals surface area contributed by atoms with Crippen molar-refractivity contribution in [1.29, 1.82) is 0 Å². The summed E-state index contributed by atoms with van der Waals surface area (Å²) in [7, 11) is -10.1. The number of hydrogen-bond donors (Lipinski definition) is 4. The SMILES string of the molecule is O=P(O)(O)OP(=O)(O)O.[H-].[H-].[Sr+2].[Zr]. The van der Waals surface area contributed by atoms with Crippen LogP contribution in [0.4, 0.5) is 0 Å². The van der Waals surface area contributed by atoms with E-state index in [1.165, 1.54) is 0 Å². The Bertz CT molecular complexity index is 165. The molecule has 0 heterocycles. The van der Waals surface area contributed by atoms with Gasteiger partial charge in [0.2, 0.25) is 0 Å². The Morgan fingerprint density at radius 2 is 1.18 bits per heavy atom. The number of phosphoric acid groups is 2. The van der Waals surface area contributed by atoms with Crippen molar-refractivity contribution in [3.8, 4) is 0 Å². The monoisotopic (exact) mass is 358 g/mol. The largest absolute Gasteiger partial charge is 2.00 e. The third-order valence-corrected chi connectivity index (χ3v) is 1.91. The van der Waals surface area contributed by atoms with Gasteiger partial charge in [-0.3, -0.25) is 0 Å². The molecule has 64 valence electrons. The Balaban J connectivity index is -0.0000000533. The van der Waals surface area contributed by atoms with Gasteiger partial charge >= 0.3 is 61.1 Å². The van der Waals surface area contributed by atoms with Crippen molar-refractivity contribution >= 4 is 61.1 Å². The molecule has 4 N–H and O–H groups in total. The minimum atomic E-state index is -5.05. The van der Waals surface area contributed by atoms with E-state index in [1.54, 1.807) is 0 Å². The Morgan fingerprint density at radius 1 is 1.00 bits per heavy atom. The second-order valence-electron chi connectivity index (χ2n) is 1.06. The van der Waals surface area contributed by atoms with Gasteiger partial charge in [-0.05, 0) is 0 Å². The maximum absolute atomic E-state index is 9.63. The van der Waals surface area contributed by atoms with Gasteiger partial charge < -0.3 is 22.4 Å². The second-order valence-corrected chi connectivity index (χ2v) is 3.68. The molecule has 0 aliphatic rings. The van der Waals surface area contributed by atoms with Gasteiger partial charge in [0.25, 0.3) is 0 Å². The fraction of sp³-hybridized carbons (Fsp3) is 0. The average Bonchev–Trinajstić information content (AvgIpc) is 1.14. The Morgan fingerprint density at radius 3 is 1.18 bits per heavy atom. The standard InChI is InChI=1S/H4O7P2.Sr.Zr.2H/c1-8(2,3)7-9(4,5)6;;;;/h(H2,1,2,3)(H2,4,5,6);;;;/q;+2;;2*-1. The van der Waals surface area contributed by atoms with Gasteiger partial charge in [0.05, 0.1) is 0 Å². The Labute approximate surface area is 121 Å². The topological polar surface area (TPSA) is 124 Å². The van der Waals surface area contributed by atoms with Crippen LogP contribution in [0.1, 0.15) is 2.85 Å². The van der Waals surface area contributed by atoms with Crippen molar-refractivity contribution in [2.24, 2.45) is 0 Å². The van der Waals surface area contributed by atoms with Crippen LogP contribution < -0.4 is 0 Å². The summed E-state index contributed by atoms with van der Waals surface area (Å²) in [5.41, 5.74) is 0. The molecule has 0 unspecified atom stereocenters. The van der Waals surface area contributed by atoms with Gasteiger partial charge in [0.15, 0.2) is 0 Å². The smallest absolute Gasteiger partial charge is 1.00 e.